The summed E-state index contributed by atoms with van der Waals surface area (Å²) in [6.45, 7) is 2.11. The molecule has 1 N–H and O–H groups in total. The summed E-state index contributed by atoms with van der Waals surface area (Å²) < 4.78 is 0. The minimum Gasteiger partial charge on any atom is -0.374 e. The van der Waals surface area contributed by atoms with Crippen LogP contribution in [0.3, 0.4) is 0 Å². The van der Waals surface area contributed by atoms with E-state index in [9.17, 15) is 0 Å². The fraction of sp³-hybridized carbons (Fsp3) is 0.172. The lowest BCUT2D eigenvalue weighted by molar-refractivity contribution is 0.657. The number of hydrogen-bond donors (Lipinski definition) is 1. The number of rotatable bonds is 4. The van der Waals surface area contributed by atoms with Crippen LogP contribution < -0.4 is 5.32 Å². The molecule has 3 aromatic rings. The molecule has 0 saturated heterocycles. The maximum absolute atomic E-state index is 3.82. The zero-order chi connectivity index (χ0) is 20.3. The van der Waals surface area contributed by atoms with Crippen molar-refractivity contribution in [2.24, 2.45) is 0 Å². The molecule has 5 rings (SSSR count). The molecule has 0 radical (unpaired) electrons. The quantitative estimate of drug-likeness (QED) is 0.506. The Morgan fingerprint density at radius 2 is 1.53 bits per heavy atom. The molecule has 0 aliphatic heterocycles. The minimum absolute atomic E-state index is 0.202. The lowest BCUT2D eigenvalue weighted by atomic mass is 9.81. The zero-order valence-electron chi connectivity index (χ0n) is 17.3. The maximum Gasteiger partial charge on any atom is 0.0697 e. The number of fused-ring (bicyclic) bond motifs is 1. The molecule has 0 saturated carbocycles. The molecule has 0 aromatic heterocycles. The molecule has 0 amide bonds. The van der Waals surface area contributed by atoms with E-state index in [2.05, 4.69) is 121 Å². The van der Waals surface area contributed by atoms with Crippen molar-refractivity contribution in [2.45, 2.75) is 31.2 Å². The van der Waals surface area contributed by atoms with Gasteiger partial charge in [0.1, 0.15) is 0 Å². The molecule has 0 fully saturated rings. The summed E-state index contributed by atoms with van der Waals surface area (Å²) in [7, 11) is 0. The van der Waals surface area contributed by atoms with E-state index in [0.29, 0.717) is 11.8 Å². The van der Waals surface area contributed by atoms with Crippen LogP contribution in [0.4, 0.5) is 5.69 Å². The van der Waals surface area contributed by atoms with Gasteiger partial charge in [0.2, 0.25) is 0 Å². The number of hydrogen-bond acceptors (Lipinski definition) is 1. The highest BCUT2D eigenvalue weighted by Crippen LogP contribution is 2.49. The van der Waals surface area contributed by atoms with Gasteiger partial charge in [-0.2, -0.15) is 0 Å². The average molecular weight is 390 g/mol. The second-order valence-corrected chi connectivity index (χ2v) is 8.14. The zero-order valence-corrected chi connectivity index (χ0v) is 17.3. The van der Waals surface area contributed by atoms with Crippen molar-refractivity contribution in [2.75, 3.05) is 5.32 Å². The Balaban J connectivity index is 1.58. The summed E-state index contributed by atoms with van der Waals surface area (Å²) in [6, 6.07) is 29.0. The van der Waals surface area contributed by atoms with Gasteiger partial charge in [-0.1, -0.05) is 103 Å². The Hall–Kier alpha value is -3.32. The molecule has 2 aliphatic carbocycles. The first kappa shape index (κ1) is 18.7. The Kier molecular flexibility index (Phi) is 5.11. The largest absolute Gasteiger partial charge is 0.374 e. The van der Waals surface area contributed by atoms with Gasteiger partial charge in [-0.05, 0) is 53.2 Å². The van der Waals surface area contributed by atoms with Crippen molar-refractivity contribution in [1.29, 1.82) is 0 Å². The summed E-state index contributed by atoms with van der Waals surface area (Å²) in [5, 5.41) is 3.82. The number of nitrogens with one attached hydrogen (secondary N) is 1. The van der Waals surface area contributed by atoms with Crippen LogP contribution >= 0.6 is 0 Å². The van der Waals surface area contributed by atoms with Gasteiger partial charge in [0.15, 0.2) is 0 Å². The minimum atomic E-state index is 0.202. The normalized spacial score (nSPS) is 23.5. The molecule has 1 nitrogen and oxygen atoms in total. The van der Waals surface area contributed by atoms with Crippen molar-refractivity contribution in [1.82, 2.24) is 0 Å². The fourth-order valence-electron chi connectivity index (χ4n) is 5.02. The van der Waals surface area contributed by atoms with Gasteiger partial charge in [0.05, 0.1) is 6.04 Å². The first-order valence-corrected chi connectivity index (χ1v) is 10.8. The molecule has 1 heteroatoms. The fourth-order valence-corrected chi connectivity index (χ4v) is 5.02. The summed E-state index contributed by atoms with van der Waals surface area (Å²) in [6.07, 6.45) is 12.0. The topological polar surface area (TPSA) is 12.0 Å². The highest BCUT2D eigenvalue weighted by atomic mass is 14.9. The smallest absolute Gasteiger partial charge is 0.0697 e. The van der Waals surface area contributed by atoms with E-state index in [1.54, 1.807) is 0 Å². The second kappa shape index (κ2) is 8.20. The third kappa shape index (κ3) is 3.41. The van der Waals surface area contributed by atoms with Crippen molar-refractivity contribution in [3.63, 3.8) is 0 Å². The molecule has 30 heavy (non-hydrogen) atoms. The molecule has 3 atom stereocenters. The van der Waals surface area contributed by atoms with E-state index < -0.39 is 0 Å². The molecule has 3 unspecified atom stereocenters. The lowest BCUT2D eigenvalue weighted by Gasteiger charge is -2.27. The molecular formula is C29H27N. The molecule has 0 heterocycles. The predicted molar refractivity (Wildman–Crippen MR) is 127 cm³/mol. The van der Waals surface area contributed by atoms with E-state index in [-0.39, 0.29) is 6.04 Å². The lowest BCUT2D eigenvalue weighted by Crippen LogP contribution is -2.22. The van der Waals surface area contributed by atoms with Gasteiger partial charge in [-0.25, -0.2) is 0 Å². The summed E-state index contributed by atoms with van der Waals surface area (Å²) in [4.78, 5) is 0. The molecule has 148 valence electrons. The van der Waals surface area contributed by atoms with Gasteiger partial charge in [-0.3, -0.25) is 0 Å². The van der Waals surface area contributed by atoms with Crippen LogP contribution in [0, 0.1) is 0 Å². The maximum atomic E-state index is 3.82. The number of para-hydroxylation sites is 1. The van der Waals surface area contributed by atoms with Crippen molar-refractivity contribution in [3.05, 3.63) is 137 Å². The van der Waals surface area contributed by atoms with Gasteiger partial charge in [-0.15, -0.1) is 0 Å². The SMILES string of the molecule is CC=C1C=CC=CC1Nc1ccccc1C1c2ccccc2CC1c1ccccc1. The van der Waals surface area contributed by atoms with Crippen LogP contribution in [-0.2, 0) is 6.42 Å². The standard InChI is InChI=1S/C29H27N/c1-2-21-12-7-10-18-27(21)30-28-19-11-9-17-25(28)29-24-16-8-6-15-23(24)20-26(29)22-13-4-3-5-14-22/h2-19,26-27,29-30H,20H2,1H3. The number of anilines is 1. The van der Waals surface area contributed by atoms with Gasteiger partial charge in [0.25, 0.3) is 0 Å². The monoisotopic (exact) mass is 389 g/mol. The van der Waals surface area contributed by atoms with Crippen LogP contribution in [-0.4, -0.2) is 6.04 Å². The van der Waals surface area contributed by atoms with Gasteiger partial charge >= 0.3 is 0 Å². The van der Waals surface area contributed by atoms with Crippen LogP contribution in [0.25, 0.3) is 0 Å². The third-order valence-electron chi connectivity index (χ3n) is 6.46. The molecular weight excluding hydrogens is 362 g/mol. The third-order valence-corrected chi connectivity index (χ3v) is 6.46. The van der Waals surface area contributed by atoms with E-state index in [1.165, 1.54) is 33.5 Å². The Morgan fingerprint density at radius 1 is 0.800 bits per heavy atom. The van der Waals surface area contributed by atoms with Crippen LogP contribution in [0.2, 0.25) is 0 Å². The first-order chi connectivity index (χ1) is 14.8. The highest BCUT2D eigenvalue weighted by molar-refractivity contribution is 5.62. The van der Waals surface area contributed by atoms with Crippen molar-refractivity contribution >= 4 is 5.69 Å². The van der Waals surface area contributed by atoms with E-state index >= 15 is 0 Å². The number of benzene rings is 3. The van der Waals surface area contributed by atoms with E-state index in [0.717, 1.165) is 6.42 Å². The Morgan fingerprint density at radius 3 is 2.37 bits per heavy atom. The van der Waals surface area contributed by atoms with Crippen LogP contribution in [0.1, 0.15) is 41.0 Å². The Labute approximate surface area is 179 Å². The summed E-state index contributed by atoms with van der Waals surface area (Å²) in [5.74, 6) is 0.805. The highest BCUT2D eigenvalue weighted by Gasteiger charge is 2.35. The average Bonchev–Trinajstić information content (AvgIpc) is 3.20. The van der Waals surface area contributed by atoms with E-state index in [4.69, 9.17) is 0 Å². The summed E-state index contributed by atoms with van der Waals surface area (Å²) in [5.41, 5.74) is 8.27. The predicted octanol–water partition coefficient (Wildman–Crippen LogP) is 7.01. The first-order valence-electron chi connectivity index (χ1n) is 10.8. The second-order valence-electron chi connectivity index (χ2n) is 8.14. The van der Waals surface area contributed by atoms with Crippen LogP contribution in [0.5, 0.6) is 0 Å². The molecule has 2 aliphatic rings. The van der Waals surface area contributed by atoms with Crippen molar-refractivity contribution < 1.29 is 0 Å². The van der Waals surface area contributed by atoms with Gasteiger partial charge in [0, 0.05) is 11.6 Å². The molecule has 0 spiro atoms. The summed E-state index contributed by atoms with van der Waals surface area (Å²) >= 11 is 0. The van der Waals surface area contributed by atoms with E-state index in [1.807, 2.05) is 0 Å². The molecule has 0 bridgehead atoms. The van der Waals surface area contributed by atoms with Crippen molar-refractivity contribution in [3.8, 4) is 0 Å². The van der Waals surface area contributed by atoms with Gasteiger partial charge < -0.3 is 5.32 Å². The number of allylic oxidation sites excluding steroid dienone is 3. The molecule has 3 aromatic carbocycles. The Bertz CT molecular complexity index is 1120. The van der Waals surface area contributed by atoms with Crippen LogP contribution in [0.15, 0.2) is 115 Å².